The molecular formula is C11H8F2N4O2S. The number of nitro groups is 1. The Balaban J connectivity index is 2.27. The number of hydrogen-bond acceptors (Lipinski definition) is 6. The first-order valence-corrected chi connectivity index (χ1v) is 6.08. The number of nitrogens with zero attached hydrogens (tertiary/aromatic N) is 2. The Morgan fingerprint density at radius 2 is 1.90 bits per heavy atom. The zero-order chi connectivity index (χ0) is 14.7. The van der Waals surface area contributed by atoms with Gasteiger partial charge in [-0.1, -0.05) is 11.8 Å². The van der Waals surface area contributed by atoms with E-state index in [0.29, 0.717) is 11.0 Å². The fraction of sp³-hybridized carbons (Fsp3) is 0. The molecule has 0 unspecified atom stereocenters. The Bertz CT molecular complexity index is 652. The maximum absolute atomic E-state index is 13.6. The van der Waals surface area contributed by atoms with Gasteiger partial charge in [-0.2, -0.15) is 0 Å². The number of benzene rings is 1. The van der Waals surface area contributed by atoms with Crippen LogP contribution in [0, 0.1) is 21.7 Å². The minimum atomic E-state index is -0.905. The SMILES string of the molecule is NNc1nc(Sc2ccc([N+](=O)[O-])cc2)c(F)cc1F. The van der Waals surface area contributed by atoms with Gasteiger partial charge in [-0.3, -0.25) is 10.1 Å². The lowest BCUT2D eigenvalue weighted by Gasteiger charge is -2.06. The van der Waals surface area contributed by atoms with Gasteiger partial charge in [0.25, 0.3) is 5.69 Å². The molecule has 9 heteroatoms. The minimum absolute atomic E-state index is 0.0776. The van der Waals surface area contributed by atoms with Crippen molar-refractivity contribution in [1.82, 2.24) is 4.98 Å². The van der Waals surface area contributed by atoms with Gasteiger partial charge < -0.3 is 5.43 Å². The highest BCUT2D eigenvalue weighted by Crippen LogP contribution is 2.31. The van der Waals surface area contributed by atoms with E-state index >= 15 is 0 Å². The molecule has 0 amide bonds. The monoisotopic (exact) mass is 298 g/mol. The van der Waals surface area contributed by atoms with E-state index in [1.165, 1.54) is 24.3 Å². The van der Waals surface area contributed by atoms with Crippen molar-refractivity contribution < 1.29 is 13.7 Å². The van der Waals surface area contributed by atoms with E-state index in [1.54, 1.807) is 0 Å². The highest BCUT2D eigenvalue weighted by molar-refractivity contribution is 7.99. The van der Waals surface area contributed by atoms with Gasteiger partial charge in [-0.15, -0.1) is 0 Å². The third-order valence-corrected chi connectivity index (χ3v) is 3.28. The van der Waals surface area contributed by atoms with Crippen LogP contribution >= 0.6 is 11.8 Å². The fourth-order valence-corrected chi connectivity index (χ4v) is 2.16. The Morgan fingerprint density at radius 1 is 1.25 bits per heavy atom. The number of hydrazine groups is 1. The van der Waals surface area contributed by atoms with Crippen molar-refractivity contribution in [2.75, 3.05) is 5.43 Å². The van der Waals surface area contributed by atoms with Crippen LogP contribution in [0.15, 0.2) is 40.3 Å². The summed E-state index contributed by atoms with van der Waals surface area (Å²) in [6.45, 7) is 0. The van der Waals surface area contributed by atoms with Gasteiger partial charge in [-0.05, 0) is 12.1 Å². The summed E-state index contributed by atoms with van der Waals surface area (Å²) in [6.07, 6.45) is 0. The number of nitrogens with one attached hydrogen (secondary N) is 1. The minimum Gasteiger partial charge on any atom is -0.306 e. The third-order valence-electron chi connectivity index (χ3n) is 2.30. The van der Waals surface area contributed by atoms with Gasteiger partial charge in [0.1, 0.15) is 5.03 Å². The number of anilines is 1. The van der Waals surface area contributed by atoms with E-state index in [4.69, 9.17) is 5.84 Å². The molecule has 0 aliphatic carbocycles. The van der Waals surface area contributed by atoms with Crippen LogP contribution in [-0.4, -0.2) is 9.91 Å². The van der Waals surface area contributed by atoms with Crippen LogP contribution in [0.5, 0.6) is 0 Å². The number of non-ortho nitro benzene ring substituents is 1. The van der Waals surface area contributed by atoms with Crippen LogP contribution in [-0.2, 0) is 0 Å². The summed E-state index contributed by atoms with van der Waals surface area (Å²) < 4.78 is 26.7. The molecule has 3 N–H and O–H groups in total. The second-order valence-electron chi connectivity index (χ2n) is 3.60. The van der Waals surface area contributed by atoms with Crippen molar-refractivity contribution in [3.63, 3.8) is 0 Å². The van der Waals surface area contributed by atoms with E-state index in [0.717, 1.165) is 11.8 Å². The van der Waals surface area contributed by atoms with E-state index in [9.17, 15) is 18.9 Å². The number of rotatable bonds is 4. The largest absolute Gasteiger partial charge is 0.306 e. The fourth-order valence-electron chi connectivity index (χ4n) is 1.37. The molecule has 0 fully saturated rings. The summed E-state index contributed by atoms with van der Waals surface area (Å²) in [6, 6.07) is 6.12. The van der Waals surface area contributed by atoms with Crippen molar-refractivity contribution in [2.45, 2.75) is 9.92 Å². The molecule has 0 saturated carbocycles. The molecule has 0 spiro atoms. The van der Waals surface area contributed by atoms with Gasteiger partial charge in [-0.25, -0.2) is 19.6 Å². The van der Waals surface area contributed by atoms with Crippen molar-refractivity contribution in [2.24, 2.45) is 5.84 Å². The summed E-state index contributed by atoms with van der Waals surface area (Å²) in [4.78, 5) is 14.2. The standard InChI is InChI=1S/C11H8F2N4O2S/c12-8-5-9(13)11(15-10(8)16-14)20-7-3-1-6(2-4-7)17(18)19/h1-5H,14H2,(H,15,16). The lowest BCUT2D eigenvalue weighted by molar-refractivity contribution is -0.384. The number of aromatic nitrogens is 1. The van der Waals surface area contributed by atoms with Crippen LogP contribution in [0.2, 0.25) is 0 Å². The first-order valence-electron chi connectivity index (χ1n) is 5.26. The lowest BCUT2D eigenvalue weighted by atomic mass is 10.3. The van der Waals surface area contributed by atoms with Crippen LogP contribution in [0.4, 0.5) is 20.3 Å². The molecule has 0 bridgehead atoms. The zero-order valence-electron chi connectivity index (χ0n) is 9.84. The third kappa shape index (κ3) is 3.00. The highest BCUT2D eigenvalue weighted by Gasteiger charge is 2.13. The molecule has 1 aromatic carbocycles. The molecule has 0 saturated heterocycles. The average Bonchev–Trinajstić information content (AvgIpc) is 2.42. The van der Waals surface area contributed by atoms with Crippen LogP contribution in [0.1, 0.15) is 0 Å². The smallest absolute Gasteiger partial charge is 0.269 e. The van der Waals surface area contributed by atoms with E-state index in [2.05, 4.69) is 4.98 Å². The molecule has 2 rings (SSSR count). The molecule has 0 aliphatic heterocycles. The van der Waals surface area contributed by atoms with Crippen molar-refractivity contribution >= 4 is 23.3 Å². The molecule has 0 aliphatic rings. The number of halogens is 2. The predicted molar refractivity (Wildman–Crippen MR) is 69.2 cm³/mol. The zero-order valence-corrected chi connectivity index (χ0v) is 10.7. The summed E-state index contributed by atoms with van der Waals surface area (Å²) in [7, 11) is 0. The first kappa shape index (κ1) is 14.2. The highest BCUT2D eigenvalue weighted by atomic mass is 32.2. The van der Waals surface area contributed by atoms with Crippen LogP contribution in [0.3, 0.4) is 0 Å². The normalized spacial score (nSPS) is 10.3. The molecule has 1 aromatic heterocycles. The summed E-state index contributed by atoms with van der Waals surface area (Å²) in [5.41, 5.74) is 1.94. The predicted octanol–water partition coefficient (Wildman–Crippen LogP) is 2.70. The topological polar surface area (TPSA) is 94.1 Å². The number of nitro benzene ring substituents is 1. The summed E-state index contributed by atoms with van der Waals surface area (Å²) >= 11 is 0.902. The maximum atomic E-state index is 13.6. The van der Waals surface area contributed by atoms with Crippen LogP contribution in [0.25, 0.3) is 0 Å². The van der Waals surface area contributed by atoms with Gasteiger partial charge in [0.2, 0.25) is 0 Å². The molecule has 2 aromatic rings. The molecule has 20 heavy (non-hydrogen) atoms. The molecule has 6 nitrogen and oxygen atoms in total. The van der Waals surface area contributed by atoms with Gasteiger partial charge in [0, 0.05) is 23.1 Å². The van der Waals surface area contributed by atoms with Crippen molar-refractivity contribution in [1.29, 1.82) is 0 Å². The maximum Gasteiger partial charge on any atom is 0.269 e. The Morgan fingerprint density at radius 3 is 2.45 bits per heavy atom. The summed E-state index contributed by atoms with van der Waals surface area (Å²) in [5, 5.41) is 10.4. The molecule has 0 atom stereocenters. The Labute approximate surface area is 116 Å². The van der Waals surface area contributed by atoms with Gasteiger partial charge >= 0.3 is 0 Å². The van der Waals surface area contributed by atoms with Crippen LogP contribution < -0.4 is 11.3 Å². The Hall–Kier alpha value is -2.26. The summed E-state index contributed by atoms with van der Waals surface area (Å²) in [5.74, 6) is 3.03. The molecule has 1 heterocycles. The lowest BCUT2D eigenvalue weighted by Crippen LogP contribution is -2.11. The van der Waals surface area contributed by atoms with Gasteiger partial charge in [0.15, 0.2) is 17.5 Å². The number of hydrogen-bond donors (Lipinski definition) is 2. The van der Waals surface area contributed by atoms with E-state index in [1.807, 2.05) is 5.43 Å². The van der Waals surface area contributed by atoms with Crippen molar-refractivity contribution in [3.8, 4) is 0 Å². The molecule has 0 radical (unpaired) electrons. The number of pyridine rings is 1. The van der Waals surface area contributed by atoms with E-state index in [-0.39, 0.29) is 16.5 Å². The average molecular weight is 298 g/mol. The quantitative estimate of drug-likeness (QED) is 0.512. The number of nitrogens with two attached hydrogens (primary N) is 1. The molecular weight excluding hydrogens is 290 g/mol. The van der Waals surface area contributed by atoms with Crippen molar-refractivity contribution in [3.05, 3.63) is 52.1 Å². The van der Waals surface area contributed by atoms with Gasteiger partial charge in [0.05, 0.1) is 4.92 Å². The first-order chi connectivity index (χ1) is 9.51. The second kappa shape index (κ2) is 5.80. The molecule has 104 valence electrons. The van der Waals surface area contributed by atoms with E-state index < -0.39 is 16.6 Å². The number of nitrogen functional groups attached to an aromatic ring is 1. The Kier molecular flexibility index (Phi) is 4.11. The second-order valence-corrected chi connectivity index (χ2v) is 4.67.